The van der Waals surface area contributed by atoms with Gasteiger partial charge in [0.2, 0.25) is 0 Å². The van der Waals surface area contributed by atoms with Crippen molar-refractivity contribution in [2.75, 3.05) is 6.61 Å². The highest BCUT2D eigenvalue weighted by Crippen LogP contribution is 2.37. The first-order valence-corrected chi connectivity index (χ1v) is 21.1. The Kier molecular flexibility index (Phi) is 29.6. The third-order valence-electron chi connectivity index (χ3n) is 10.4. The number of aliphatic hydroxyl groups is 5. The monoisotopic (exact) mass is 743 g/mol. The molecule has 52 heavy (non-hydrogen) atoms. The van der Waals surface area contributed by atoms with Crippen molar-refractivity contribution in [2.24, 2.45) is 0 Å². The number of ether oxygens (including phenoxy) is 1. The van der Waals surface area contributed by atoms with Crippen molar-refractivity contribution in [3.05, 3.63) is 0 Å². The van der Waals surface area contributed by atoms with E-state index in [9.17, 15) is 44.7 Å². The molecular weight excluding hydrogens is 664 g/mol. The van der Waals surface area contributed by atoms with E-state index in [-0.39, 0.29) is 38.5 Å². The summed E-state index contributed by atoms with van der Waals surface area (Å²) in [6.45, 7) is 7.52. The normalized spacial score (nSPS) is 15.7. The zero-order valence-electron chi connectivity index (χ0n) is 33.5. The van der Waals surface area contributed by atoms with Crippen LogP contribution < -0.4 is 0 Å². The standard InChI is InChI=1S/C42H78O10/c1-5-9-13-17-21-25-29-34(43)39(48)41(50,36(45)30-26-22-18-14-10-6-2)42(51,37(46)31-27-23-19-15-11-7-3)40(49)35(44)33-52-38(47)32-28-24-20-16-12-8-4/h35,39-40,44,48-51H,5-33H2,1-4H3. The summed E-state index contributed by atoms with van der Waals surface area (Å²) in [5.41, 5.74) is -6.91. The molecule has 0 saturated heterocycles. The topological polar surface area (TPSA) is 179 Å². The smallest absolute Gasteiger partial charge is 0.305 e. The molecule has 10 nitrogen and oxygen atoms in total. The maximum absolute atomic E-state index is 14.0. The molecular formula is C42H78O10. The number of ketones is 3. The Morgan fingerprint density at radius 3 is 1.19 bits per heavy atom. The molecule has 0 spiro atoms. The maximum Gasteiger partial charge on any atom is 0.305 e. The Hall–Kier alpha value is -1.72. The van der Waals surface area contributed by atoms with Crippen molar-refractivity contribution in [3.63, 3.8) is 0 Å². The molecule has 306 valence electrons. The lowest BCUT2D eigenvalue weighted by molar-refractivity contribution is -0.240. The first-order chi connectivity index (χ1) is 24.9. The van der Waals surface area contributed by atoms with E-state index >= 15 is 0 Å². The van der Waals surface area contributed by atoms with Gasteiger partial charge in [-0.1, -0.05) is 156 Å². The minimum Gasteiger partial charge on any atom is -0.463 e. The van der Waals surface area contributed by atoms with Crippen LogP contribution in [0, 0.1) is 0 Å². The lowest BCUT2D eigenvalue weighted by Crippen LogP contribution is -2.76. The average Bonchev–Trinajstić information content (AvgIpc) is 3.14. The van der Waals surface area contributed by atoms with Crippen LogP contribution in [-0.2, 0) is 23.9 Å². The second-order valence-electron chi connectivity index (χ2n) is 15.0. The van der Waals surface area contributed by atoms with E-state index in [4.69, 9.17) is 4.74 Å². The van der Waals surface area contributed by atoms with Crippen LogP contribution >= 0.6 is 0 Å². The molecule has 0 aliphatic heterocycles. The van der Waals surface area contributed by atoms with E-state index in [1.165, 1.54) is 0 Å². The molecule has 0 aliphatic carbocycles. The number of carbonyl (C=O) groups is 4. The average molecular weight is 743 g/mol. The Bertz CT molecular complexity index is 955. The second kappa shape index (κ2) is 30.6. The number of hydrogen-bond acceptors (Lipinski definition) is 10. The molecule has 10 heteroatoms. The van der Waals surface area contributed by atoms with Gasteiger partial charge in [0.1, 0.15) is 18.8 Å². The Labute approximate surface area is 315 Å². The van der Waals surface area contributed by atoms with Crippen LogP contribution in [0.15, 0.2) is 0 Å². The van der Waals surface area contributed by atoms with E-state index in [0.29, 0.717) is 32.1 Å². The Morgan fingerprint density at radius 1 is 0.462 bits per heavy atom. The van der Waals surface area contributed by atoms with Gasteiger partial charge in [-0.25, -0.2) is 0 Å². The Morgan fingerprint density at radius 2 is 0.788 bits per heavy atom. The number of esters is 1. The van der Waals surface area contributed by atoms with Gasteiger partial charge in [0, 0.05) is 25.7 Å². The van der Waals surface area contributed by atoms with E-state index in [2.05, 4.69) is 27.7 Å². The molecule has 0 aromatic rings. The molecule has 0 aliphatic rings. The third-order valence-corrected chi connectivity index (χ3v) is 10.4. The predicted octanol–water partition coefficient (Wildman–Crippen LogP) is 7.78. The fraction of sp³-hybridized carbons (Fsp3) is 0.905. The molecule has 0 aromatic heterocycles. The van der Waals surface area contributed by atoms with Crippen LogP contribution in [0.1, 0.15) is 207 Å². The molecule has 5 unspecified atom stereocenters. The van der Waals surface area contributed by atoms with Gasteiger partial charge in [-0.3, -0.25) is 19.2 Å². The summed E-state index contributed by atoms with van der Waals surface area (Å²) in [6, 6.07) is 0. The second-order valence-corrected chi connectivity index (χ2v) is 15.0. The van der Waals surface area contributed by atoms with Crippen molar-refractivity contribution < 1.29 is 49.4 Å². The molecule has 0 amide bonds. The number of carbonyl (C=O) groups excluding carboxylic acids is 4. The first kappa shape index (κ1) is 50.3. The summed E-state index contributed by atoms with van der Waals surface area (Å²) in [5, 5.41) is 58.5. The lowest BCUT2D eigenvalue weighted by Gasteiger charge is -2.46. The highest BCUT2D eigenvalue weighted by molar-refractivity contribution is 6.04. The van der Waals surface area contributed by atoms with Crippen molar-refractivity contribution in [1.82, 2.24) is 0 Å². The molecule has 0 heterocycles. The third kappa shape index (κ3) is 18.5. The predicted molar refractivity (Wildman–Crippen MR) is 206 cm³/mol. The summed E-state index contributed by atoms with van der Waals surface area (Å²) < 4.78 is 5.18. The number of aliphatic hydroxyl groups excluding tert-OH is 3. The Balaban J connectivity index is 6.34. The SMILES string of the molecule is CCCCCCCCC(=O)OCC(O)C(O)C(O)(C(=O)CCCCCCCC)C(O)(C(=O)CCCCCCCC)C(O)C(=O)CCCCCCCC. The van der Waals surface area contributed by atoms with Gasteiger partial charge in [0.05, 0.1) is 0 Å². The summed E-state index contributed by atoms with van der Waals surface area (Å²) in [6.07, 6.45) is 11.8. The minimum absolute atomic E-state index is 0.0719. The van der Waals surface area contributed by atoms with Gasteiger partial charge in [0.15, 0.2) is 34.7 Å². The largest absolute Gasteiger partial charge is 0.463 e. The van der Waals surface area contributed by atoms with Crippen molar-refractivity contribution >= 4 is 23.3 Å². The van der Waals surface area contributed by atoms with E-state index < -0.39 is 59.4 Å². The molecule has 5 atom stereocenters. The maximum atomic E-state index is 14.0. The van der Waals surface area contributed by atoms with Crippen LogP contribution in [0.5, 0.6) is 0 Å². The van der Waals surface area contributed by atoms with E-state index in [1.807, 2.05) is 0 Å². The van der Waals surface area contributed by atoms with Gasteiger partial charge in [-0.15, -0.1) is 0 Å². The lowest BCUT2D eigenvalue weighted by atomic mass is 9.66. The van der Waals surface area contributed by atoms with Gasteiger partial charge in [-0.05, 0) is 25.7 Å². The molecule has 5 N–H and O–H groups in total. The molecule has 0 bridgehead atoms. The highest BCUT2D eigenvalue weighted by Gasteiger charge is 2.68. The van der Waals surface area contributed by atoms with Gasteiger partial charge in [0.25, 0.3) is 0 Å². The molecule has 0 fully saturated rings. The molecule has 0 aromatic carbocycles. The molecule has 0 rings (SSSR count). The van der Waals surface area contributed by atoms with Crippen LogP contribution in [0.3, 0.4) is 0 Å². The minimum atomic E-state index is -3.46. The van der Waals surface area contributed by atoms with Crippen LogP contribution in [-0.4, -0.2) is 85.0 Å². The van der Waals surface area contributed by atoms with Crippen LogP contribution in [0.4, 0.5) is 0 Å². The zero-order chi connectivity index (χ0) is 39.3. The van der Waals surface area contributed by atoms with Crippen LogP contribution in [0.25, 0.3) is 0 Å². The molecule has 0 radical (unpaired) electrons. The molecule has 0 saturated carbocycles. The number of hydrogen-bond donors (Lipinski definition) is 5. The van der Waals surface area contributed by atoms with Crippen molar-refractivity contribution in [3.8, 4) is 0 Å². The van der Waals surface area contributed by atoms with Crippen molar-refractivity contribution in [2.45, 2.75) is 237 Å². The summed E-state index contributed by atoms with van der Waals surface area (Å²) in [4.78, 5) is 53.9. The number of rotatable bonds is 37. The fourth-order valence-corrected chi connectivity index (χ4v) is 6.81. The number of unbranched alkanes of at least 4 members (excludes halogenated alkanes) is 20. The summed E-state index contributed by atoms with van der Waals surface area (Å²) >= 11 is 0. The van der Waals surface area contributed by atoms with E-state index in [1.54, 1.807) is 0 Å². The van der Waals surface area contributed by atoms with E-state index in [0.717, 1.165) is 109 Å². The van der Waals surface area contributed by atoms with Gasteiger partial charge < -0.3 is 30.3 Å². The van der Waals surface area contributed by atoms with Crippen LogP contribution in [0.2, 0.25) is 0 Å². The number of Topliss-reactive ketones (excluding diaryl/α,β-unsaturated/α-hetero) is 3. The summed E-state index contributed by atoms with van der Waals surface area (Å²) in [7, 11) is 0. The summed E-state index contributed by atoms with van der Waals surface area (Å²) in [5.74, 6) is -3.91. The van der Waals surface area contributed by atoms with Gasteiger partial charge >= 0.3 is 5.97 Å². The first-order valence-electron chi connectivity index (χ1n) is 21.1. The quantitative estimate of drug-likeness (QED) is 0.0312. The van der Waals surface area contributed by atoms with Gasteiger partial charge in [-0.2, -0.15) is 0 Å². The highest BCUT2D eigenvalue weighted by atomic mass is 16.5. The zero-order valence-corrected chi connectivity index (χ0v) is 33.5. The van der Waals surface area contributed by atoms with Crippen molar-refractivity contribution in [1.29, 1.82) is 0 Å². The fourth-order valence-electron chi connectivity index (χ4n) is 6.81.